The summed E-state index contributed by atoms with van der Waals surface area (Å²) in [5, 5.41) is 0.900. The number of anilines is 1. The van der Waals surface area contributed by atoms with Crippen LogP contribution in [-0.4, -0.2) is 42.0 Å². The zero-order chi connectivity index (χ0) is 20.3. The highest BCUT2D eigenvalue weighted by molar-refractivity contribution is 6.36. The number of benzene rings is 1. The predicted molar refractivity (Wildman–Crippen MR) is 103 cm³/mol. The fraction of sp³-hybridized carbons (Fsp3) is 0.368. The molecule has 1 aromatic heterocycles. The smallest absolute Gasteiger partial charge is 0.355 e. The summed E-state index contributed by atoms with van der Waals surface area (Å²) < 4.78 is 38.1. The zero-order valence-electron chi connectivity index (χ0n) is 14.8. The molecule has 0 atom stereocenters. The average molecular weight is 432 g/mol. The molecule has 0 unspecified atom stereocenters. The number of aromatic nitrogens is 1. The molecular weight excluding hydrogens is 414 g/mol. The summed E-state index contributed by atoms with van der Waals surface area (Å²) in [4.78, 5) is 20.2. The maximum atomic E-state index is 12.7. The third-order valence-electron chi connectivity index (χ3n) is 4.64. The monoisotopic (exact) mass is 431 g/mol. The van der Waals surface area contributed by atoms with Crippen LogP contribution in [0.1, 0.15) is 17.5 Å². The first kappa shape index (κ1) is 20.7. The summed E-state index contributed by atoms with van der Waals surface area (Å²) in [6, 6.07) is 7.49. The molecule has 1 aliphatic rings. The van der Waals surface area contributed by atoms with Crippen molar-refractivity contribution in [3.8, 4) is 0 Å². The predicted octanol–water partition coefficient (Wildman–Crippen LogP) is 4.69. The second-order valence-electron chi connectivity index (χ2n) is 6.50. The van der Waals surface area contributed by atoms with E-state index in [2.05, 4.69) is 4.98 Å². The summed E-state index contributed by atoms with van der Waals surface area (Å²) >= 11 is 12.3. The third kappa shape index (κ3) is 4.89. The van der Waals surface area contributed by atoms with Crippen molar-refractivity contribution < 1.29 is 18.0 Å². The number of halogens is 5. The molecule has 2 aromatic rings. The molecule has 1 aromatic carbocycles. The Morgan fingerprint density at radius 3 is 2.36 bits per heavy atom. The van der Waals surface area contributed by atoms with Gasteiger partial charge in [-0.2, -0.15) is 13.2 Å². The van der Waals surface area contributed by atoms with Crippen molar-refractivity contribution in [1.29, 1.82) is 0 Å². The molecule has 0 radical (unpaired) electrons. The molecule has 1 saturated heterocycles. The second kappa shape index (κ2) is 8.57. The number of amides is 1. The molecular formula is C19H18Cl2F3N3O. The molecule has 28 heavy (non-hydrogen) atoms. The van der Waals surface area contributed by atoms with Gasteiger partial charge in [0, 0.05) is 42.4 Å². The number of nitrogens with zero attached hydrogens (tertiary/aromatic N) is 3. The van der Waals surface area contributed by atoms with E-state index < -0.39 is 11.7 Å². The van der Waals surface area contributed by atoms with E-state index in [1.807, 2.05) is 4.90 Å². The van der Waals surface area contributed by atoms with E-state index in [1.165, 1.54) is 6.07 Å². The van der Waals surface area contributed by atoms with E-state index in [0.717, 1.165) is 12.3 Å². The highest BCUT2D eigenvalue weighted by Gasteiger charge is 2.31. The van der Waals surface area contributed by atoms with Crippen LogP contribution in [0.5, 0.6) is 0 Å². The zero-order valence-corrected chi connectivity index (χ0v) is 16.4. The summed E-state index contributed by atoms with van der Waals surface area (Å²) in [5.41, 5.74) is -0.180. The van der Waals surface area contributed by atoms with Crippen LogP contribution in [0.4, 0.5) is 19.0 Å². The Hall–Kier alpha value is -1.99. The van der Waals surface area contributed by atoms with E-state index in [9.17, 15) is 18.0 Å². The minimum absolute atomic E-state index is 0.0859. The highest BCUT2D eigenvalue weighted by Crippen LogP contribution is 2.29. The summed E-state index contributed by atoms with van der Waals surface area (Å²) in [5.74, 6) is 0.383. The van der Waals surface area contributed by atoms with E-state index in [1.54, 1.807) is 23.1 Å². The topological polar surface area (TPSA) is 36.4 Å². The van der Waals surface area contributed by atoms with Crippen LogP contribution in [0, 0.1) is 0 Å². The van der Waals surface area contributed by atoms with Crippen molar-refractivity contribution in [2.45, 2.75) is 19.0 Å². The quantitative estimate of drug-likeness (QED) is 0.707. The van der Waals surface area contributed by atoms with Crippen molar-refractivity contribution in [2.24, 2.45) is 0 Å². The lowest BCUT2D eigenvalue weighted by Gasteiger charge is -2.23. The molecule has 1 fully saturated rings. The summed E-state index contributed by atoms with van der Waals surface area (Å²) in [6.07, 6.45) is -2.78. The molecule has 1 amide bonds. The number of hydrogen-bond donors (Lipinski definition) is 0. The van der Waals surface area contributed by atoms with Crippen LogP contribution >= 0.6 is 23.2 Å². The maximum absolute atomic E-state index is 12.7. The minimum atomic E-state index is -4.41. The van der Waals surface area contributed by atoms with Gasteiger partial charge >= 0.3 is 6.18 Å². The second-order valence-corrected chi connectivity index (χ2v) is 7.32. The lowest BCUT2D eigenvalue weighted by Crippen LogP contribution is -2.36. The molecule has 4 nitrogen and oxygen atoms in total. The van der Waals surface area contributed by atoms with E-state index in [0.29, 0.717) is 54.0 Å². The molecule has 2 heterocycles. The Balaban J connectivity index is 1.64. The Labute approximate surface area is 170 Å². The molecule has 3 rings (SSSR count). The fourth-order valence-electron chi connectivity index (χ4n) is 3.10. The Bertz CT molecular complexity index is 823. The Morgan fingerprint density at radius 1 is 1.04 bits per heavy atom. The number of carbonyl (C=O) groups is 1. The normalized spacial score (nSPS) is 15.5. The van der Waals surface area contributed by atoms with Gasteiger partial charge in [-0.15, -0.1) is 0 Å². The first-order valence-electron chi connectivity index (χ1n) is 8.74. The van der Waals surface area contributed by atoms with Crippen LogP contribution in [0.3, 0.4) is 0 Å². The lowest BCUT2D eigenvalue weighted by molar-refractivity contribution is -0.137. The van der Waals surface area contributed by atoms with Crippen molar-refractivity contribution in [3.63, 3.8) is 0 Å². The number of alkyl halides is 3. The van der Waals surface area contributed by atoms with Gasteiger partial charge in [0.1, 0.15) is 5.82 Å². The van der Waals surface area contributed by atoms with E-state index >= 15 is 0 Å². The summed E-state index contributed by atoms with van der Waals surface area (Å²) in [6.45, 7) is 2.09. The minimum Gasteiger partial charge on any atom is -0.355 e. The molecule has 0 saturated carbocycles. The number of hydrogen-bond acceptors (Lipinski definition) is 3. The maximum Gasteiger partial charge on any atom is 0.417 e. The van der Waals surface area contributed by atoms with Crippen LogP contribution in [0.25, 0.3) is 0 Å². The van der Waals surface area contributed by atoms with Crippen molar-refractivity contribution in [2.75, 3.05) is 31.1 Å². The lowest BCUT2D eigenvalue weighted by atomic mass is 10.1. The summed E-state index contributed by atoms with van der Waals surface area (Å²) in [7, 11) is 0. The molecule has 0 bridgehead atoms. The van der Waals surface area contributed by atoms with Gasteiger partial charge in [-0.1, -0.05) is 29.3 Å². The van der Waals surface area contributed by atoms with Gasteiger partial charge in [0.2, 0.25) is 5.91 Å². The molecule has 0 N–H and O–H groups in total. The Morgan fingerprint density at radius 2 is 1.75 bits per heavy atom. The van der Waals surface area contributed by atoms with Gasteiger partial charge in [-0.25, -0.2) is 4.98 Å². The molecule has 1 aliphatic heterocycles. The van der Waals surface area contributed by atoms with Crippen LogP contribution in [0.2, 0.25) is 10.0 Å². The molecule has 0 aliphatic carbocycles. The Kier molecular flexibility index (Phi) is 6.35. The van der Waals surface area contributed by atoms with Gasteiger partial charge in [0.25, 0.3) is 0 Å². The third-order valence-corrected chi connectivity index (χ3v) is 5.35. The van der Waals surface area contributed by atoms with Crippen molar-refractivity contribution >= 4 is 34.9 Å². The van der Waals surface area contributed by atoms with Gasteiger partial charge in [-0.05, 0) is 36.2 Å². The van der Waals surface area contributed by atoms with Crippen LogP contribution < -0.4 is 4.90 Å². The number of pyridine rings is 1. The molecule has 150 valence electrons. The van der Waals surface area contributed by atoms with Gasteiger partial charge in [0.15, 0.2) is 0 Å². The van der Waals surface area contributed by atoms with Gasteiger partial charge in [0.05, 0.1) is 12.0 Å². The average Bonchev–Trinajstić information content (AvgIpc) is 2.90. The highest BCUT2D eigenvalue weighted by atomic mass is 35.5. The van der Waals surface area contributed by atoms with Crippen molar-refractivity contribution in [3.05, 3.63) is 57.7 Å². The van der Waals surface area contributed by atoms with E-state index in [-0.39, 0.29) is 12.3 Å². The van der Waals surface area contributed by atoms with Crippen LogP contribution in [-0.2, 0) is 17.4 Å². The SMILES string of the molecule is O=C(Cc1c(Cl)cccc1Cl)N1CCCN(c2ccc(C(F)(F)F)cn2)CC1. The van der Waals surface area contributed by atoms with Crippen molar-refractivity contribution in [1.82, 2.24) is 9.88 Å². The number of rotatable bonds is 3. The first-order chi connectivity index (χ1) is 13.3. The fourth-order valence-corrected chi connectivity index (χ4v) is 3.63. The van der Waals surface area contributed by atoms with E-state index in [4.69, 9.17) is 23.2 Å². The standard InChI is InChI=1S/C19H18Cl2F3N3O/c20-15-3-1-4-16(21)14(15)11-18(28)27-8-2-7-26(9-10-27)17-6-5-13(12-25-17)19(22,23)24/h1,3-6,12H,2,7-11H2. The van der Waals surface area contributed by atoms with Crippen LogP contribution in [0.15, 0.2) is 36.5 Å². The van der Waals surface area contributed by atoms with Gasteiger partial charge < -0.3 is 9.80 Å². The molecule has 0 spiro atoms. The number of carbonyl (C=O) groups excluding carboxylic acids is 1. The molecule has 9 heteroatoms. The van der Waals surface area contributed by atoms with Gasteiger partial charge in [-0.3, -0.25) is 4.79 Å². The largest absolute Gasteiger partial charge is 0.417 e. The first-order valence-corrected chi connectivity index (χ1v) is 9.50.